The van der Waals surface area contributed by atoms with Gasteiger partial charge in [0.05, 0.1) is 19.3 Å². The summed E-state index contributed by atoms with van der Waals surface area (Å²) < 4.78 is 5.03. The van der Waals surface area contributed by atoms with E-state index in [1.807, 2.05) is 24.3 Å². The number of carbonyl (C=O) groups excluding carboxylic acids is 1. The van der Waals surface area contributed by atoms with E-state index in [0.29, 0.717) is 18.9 Å². The SMILES string of the molecule is CC(C)c1ccc(N2C(=O)OCCC2CO)cc1. The monoisotopic (exact) mass is 249 g/mol. The van der Waals surface area contributed by atoms with Crippen molar-refractivity contribution in [2.75, 3.05) is 18.1 Å². The maximum Gasteiger partial charge on any atom is 0.414 e. The number of ether oxygens (including phenoxy) is 1. The molecule has 1 N–H and O–H groups in total. The molecule has 0 aliphatic carbocycles. The highest BCUT2D eigenvalue weighted by atomic mass is 16.6. The van der Waals surface area contributed by atoms with Gasteiger partial charge in [0.1, 0.15) is 0 Å². The van der Waals surface area contributed by atoms with Gasteiger partial charge in [-0.1, -0.05) is 26.0 Å². The van der Waals surface area contributed by atoms with Crippen molar-refractivity contribution in [2.24, 2.45) is 0 Å². The first-order valence-corrected chi connectivity index (χ1v) is 6.30. The quantitative estimate of drug-likeness (QED) is 0.895. The Morgan fingerprint density at radius 3 is 2.61 bits per heavy atom. The van der Waals surface area contributed by atoms with E-state index in [4.69, 9.17) is 4.74 Å². The van der Waals surface area contributed by atoms with Crippen molar-refractivity contribution in [1.82, 2.24) is 0 Å². The minimum atomic E-state index is -0.377. The predicted octanol–water partition coefficient (Wildman–Crippen LogP) is 2.52. The van der Waals surface area contributed by atoms with Crippen molar-refractivity contribution in [3.63, 3.8) is 0 Å². The number of rotatable bonds is 3. The van der Waals surface area contributed by atoms with Gasteiger partial charge in [0.25, 0.3) is 0 Å². The molecule has 1 atom stereocenters. The summed E-state index contributed by atoms with van der Waals surface area (Å²) in [4.78, 5) is 13.3. The molecule has 1 amide bonds. The molecule has 1 aromatic carbocycles. The lowest BCUT2D eigenvalue weighted by atomic mass is 10.0. The number of hydrogen-bond acceptors (Lipinski definition) is 3. The Balaban J connectivity index is 2.25. The number of anilines is 1. The predicted molar refractivity (Wildman–Crippen MR) is 69.8 cm³/mol. The molecule has 0 bridgehead atoms. The fourth-order valence-electron chi connectivity index (χ4n) is 2.14. The van der Waals surface area contributed by atoms with Crippen molar-refractivity contribution >= 4 is 11.8 Å². The summed E-state index contributed by atoms with van der Waals surface area (Å²) in [5.41, 5.74) is 2.01. The molecule has 18 heavy (non-hydrogen) atoms. The van der Waals surface area contributed by atoms with Crippen LogP contribution in [0.5, 0.6) is 0 Å². The maximum atomic E-state index is 11.8. The highest BCUT2D eigenvalue weighted by molar-refractivity contribution is 5.89. The second-order valence-electron chi connectivity index (χ2n) is 4.86. The van der Waals surface area contributed by atoms with Crippen LogP contribution in [-0.4, -0.2) is 30.5 Å². The Labute approximate surface area is 107 Å². The van der Waals surface area contributed by atoms with Crippen molar-refractivity contribution in [3.05, 3.63) is 29.8 Å². The van der Waals surface area contributed by atoms with Crippen molar-refractivity contribution < 1.29 is 14.6 Å². The van der Waals surface area contributed by atoms with E-state index in [1.54, 1.807) is 0 Å². The molecule has 0 aromatic heterocycles. The summed E-state index contributed by atoms with van der Waals surface area (Å²) in [6.07, 6.45) is 0.284. The number of amides is 1. The van der Waals surface area contributed by atoms with Gasteiger partial charge >= 0.3 is 6.09 Å². The maximum absolute atomic E-state index is 11.8. The highest BCUT2D eigenvalue weighted by Crippen LogP contribution is 2.25. The molecule has 4 heteroatoms. The lowest BCUT2D eigenvalue weighted by Crippen LogP contribution is -2.47. The smallest absolute Gasteiger partial charge is 0.414 e. The molecule has 1 fully saturated rings. The zero-order valence-corrected chi connectivity index (χ0v) is 10.8. The van der Waals surface area contributed by atoms with Crippen molar-refractivity contribution in [2.45, 2.75) is 32.2 Å². The zero-order valence-electron chi connectivity index (χ0n) is 10.8. The van der Waals surface area contributed by atoms with E-state index in [1.165, 1.54) is 10.5 Å². The third-order valence-corrected chi connectivity index (χ3v) is 3.29. The number of carbonyl (C=O) groups is 1. The van der Waals surface area contributed by atoms with Crippen LogP contribution >= 0.6 is 0 Å². The molecular weight excluding hydrogens is 230 g/mol. The van der Waals surface area contributed by atoms with Crippen LogP contribution < -0.4 is 4.90 Å². The number of cyclic esters (lactones) is 1. The number of nitrogens with zero attached hydrogens (tertiary/aromatic N) is 1. The average Bonchev–Trinajstić information content (AvgIpc) is 2.38. The van der Waals surface area contributed by atoms with Crippen LogP contribution in [0.3, 0.4) is 0 Å². The molecular formula is C14H19NO3. The normalized spacial score (nSPS) is 20.1. The number of hydrogen-bond donors (Lipinski definition) is 1. The lowest BCUT2D eigenvalue weighted by molar-refractivity contribution is 0.116. The first kappa shape index (κ1) is 12.9. The van der Waals surface area contributed by atoms with E-state index in [-0.39, 0.29) is 18.7 Å². The van der Waals surface area contributed by atoms with Crippen LogP contribution in [0.25, 0.3) is 0 Å². The molecule has 1 aliphatic heterocycles. The average molecular weight is 249 g/mol. The summed E-state index contributed by atoms with van der Waals surface area (Å²) in [5, 5.41) is 9.33. The first-order chi connectivity index (χ1) is 8.63. The number of benzene rings is 1. The Hall–Kier alpha value is -1.55. The molecule has 4 nitrogen and oxygen atoms in total. The lowest BCUT2D eigenvalue weighted by Gasteiger charge is -2.33. The van der Waals surface area contributed by atoms with Gasteiger partial charge in [0.2, 0.25) is 0 Å². The Bertz CT molecular complexity index is 414. The Kier molecular flexibility index (Phi) is 3.87. The molecule has 98 valence electrons. The van der Waals surface area contributed by atoms with Gasteiger partial charge in [-0.2, -0.15) is 0 Å². The number of aliphatic hydroxyl groups excluding tert-OH is 1. The van der Waals surface area contributed by atoms with E-state index in [0.717, 1.165) is 5.69 Å². The molecule has 0 radical (unpaired) electrons. The molecule has 2 rings (SSSR count). The summed E-state index contributed by atoms with van der Waals surface area (Å²) in [7, 11) is 0. The zero-order chi connectivity index (χ0) is 13.1. The minimum Gasteiger partial charge on any atom is -0.449 e. The summed E-state index contributed by atoms with van der Waals surface area (Å²) in [6, 6.07) is 7.65. The van der Waals surface area contributed by atoms with Crippen LogP contribution in [0.1, 0.15) is 31.7 Å². The summed E-state index contributed by atoms with van der Waals surface area (Å²) in [5.74, 6) is 0.459. The van der Waals surface area contributed by atoms with E-state index < -0.39 is 0 Å². The van der Waals surface area contributed by atoms with Crippen LogP contribution in [0, 0.1) is 0 Å². The van der Waals surface area contributed by atoms with Crippen molar-refractivity contribution in [1.29, 1.82) is 0 Å². The third kappa shape index (κ3) is 2.48. The first-order valence-electron chi connectivity index (χ1n) is 6.30. The molecule has 1 unspecified atom stereocenters. The molecule has 1 saturated heterocycles. The minimum absolute atomic E-state index is 0.0406. The molecule has 0 spiro atoms. The molecule has 1 heterocycles. The van der Waals surface area contributed by atoms with Gasteiger partial charge in [-0.05, 0) is 23.6 Å². The van der Waals surface area contributed by atoms with Crippen molar-refractivity contribution in [3.8, 4) is 0 Å². The third-order valence-electron chi connectivity index (χ3n) is 3.29. The van der Waals surface area contributed by atoms with E-state index in [2.05, 4.69) is 13.8 Å². The van der Waals surface area contributed by atoms with Crippen LogP contribution in [-0.2, 0) is 4.74 Å². The van der Waals surface area contributed by atoms with E-state index in [9.17, 15) is 9.90 Å². The highest BCUT2D eigenvalue weighted by Gasteiger charge is 2.30. The molecule has 1 aliphatic rings. The fourth-order valence-corrected chi connectivity index (χ4v) is 2.14. The van der Waals surface area contributed by atoms with Gasteiger partial charge in [-0.25, -0.2) is 4.79 Å². The van der Waals surface area contributed by atoms with Gasteiger partial charge in [-0.15, -0.1) is 0 Å². The standard InChI is InChI=1S/C14H19NO3/c1-10(2)11-3-5-12(6-4-11)15-13(9-16)7-8-18-14(15)17/h3-6,10,13,16H,7-9H2,1-2H3. The topological polar surface area (TPSA) is 49.8 Å². The summed E-state index contributed by atoms with van der Waals surface area (Å²) in [6.45, 7) is 4.59. The Morgan fingerprint density at radius 1 is 1.39 bits per heavy atom. The number of aliphatic hydroxyl groups is 1. The van der Waals surface area contributed by atoms with Gasteiger partial charge in [0, 0.05) is 12.1 Å². The van der Waals surface area contributed by atoms with Gasteiger partial charge in [0.15, 0.2) is 0 Å². The Morgan fingerprint density at radius 2 is 2.06 bits per heavy atom. The second-order valence-corrected chi connectivity index (χ2v) is 4.86. The second kappa shape index (κ2) is 5.40. The summed E-state index contributed by atoms with van der Waals surface area (Å²) >= 11 is 0. The van der Waals surface area contributed by atoms with Gasteiger partial charge in [-0.3, -0.25) is 4.90 Å². The molecule has 1 aromatic rings. The van der Waals surface area contributed by atoms with Crippen LogP contribution in [0.4, 0.5) is 10.5 Å². The molecule has 0 saturated carbocycles. The fraction of sp³-hybridized carbons (Fsp3) is 0.500. The van der Waals surface area contributed by atoms with Crippen LogP contribution in [0.2, 0.25) is 0 Å². The van der Waals surface area contributed by atoms with Crippen LogP contribution in [0.15, 0.2) is 24.3 Å². The largest absolute Gasteiger partial charge is 0.449 e. The van der Waals surface area contributed by atoms with E-state index >= 15 is 0 Å². The van der Waals surface area contributed by atoms with Gasteiger partial charge < -0.3 is 9.84 Å².